The van der Waals surface area contributed by atoms with Crippen molar-refractivity contribution in [1.29, 1.82) is 0 Å². The van der Waals surface area contributed by atoms with E-state index in [0.717, 1.165) is 57.5 Å². The molecule has 1 N–H and O–H groups in total. The predicted octanol–water partition coefficient (Wildman–Crippen LogP) is 2.20. The molecule has 0 atom stereocenters. The van der Waals surface area contributed by atoms with Gasteiger partial charge in [0.1, 0.15) is 12.4 Å². The third kappa shape index (κ3) is 7.81. The van der Waals surface area contributed by atoms with E-state index >= 15 is 0 Å². The molecular weight excluding hydrogens is 608 g/mol. The van der Waals surface area contributed by atoms with Gasteiger partial charge in [-0.25, -0.2) is 8.42 Å². The number of rotatable bonds is 13. The number of amides is 2. The Morgan fingerprint density at radius 3 is 2.22 bits per heavy atom. The monoisotopic (exact) mass is 656 g/mol. The first-order chi connectivity index (χ1) is 22.0. The van der Waals surface area contributed by atoms with Gasteiger partial charge < -0.3 is 24.6 Å². The number of aryl methyl sites for hydroxylation is 2. The third-order valence-corrected chi connectivity index (χ3v) is 11.8. The van der Waals surface area contributed by atoms with Crippen molar-refractivity contribution in [3.63, 3.8) is 0 Å². The van der Waals surface area contributed by atoms with Crippen LogP contribution in [0.4, 0.5) is 5.69 Å². The zero-order valence-electron chi connectivity index (χ0n) is 27.5. The average molecular weight is 657 g/mol. The SMILES string of the molecule is COc1cc(C)c(S(=O)(=O)N(CCOCC(=O)N2CCC(CNC(C)=O)(N3CCN(c4ccncc4)CC3)CC2)C2CC2)c(C)c1. The van der Waals surface area contributed by atoms with Crippen LogP contribution in [-0.4, -0.2) is 124 Å². The lowest BCUT2D eigenvalue weighted by Crippen LogP contribution is -2.65. The maximum atomic E-state index is 13.7. The lowest BCUT2D eigenvalue weighted by Gasteiger charge is -2.51. The number of methoxy groups -OCH3 is 1. The summed E-state index contributed by atoms with van der Waals surface area (Å²) < 4.78 is 40.1. The van der Waals surface area contributed by atoms with Crippen LogP contribution in [0.5, 0.6) is 5.75 Å². The van der Waals surface area contributed by atoms with Gasteiger partial charge in [-0.3, -0.25) is 19.5 Å². The van der Waals surface area contributed by atoms with E-state index in [9.17, 15) is 18.0 Å². The van der Waals surface area contributed by atoms with Gasteiger partial charge in [0.15, 0.2) is 0 Å². The van der Waals surface area contributed by atoms with Crippen LogP contribution in [0.1, 0.15) is 43.7 Å². The summed E-state index contributed by atoms with van der Waals surface area (Å²) in [4.78, 5) is 36.2. The molecule has 5 rings (SSSR count). The first-order valence-electron chi connectivity index (χ1n) is 16.2. The van der Waals surface area contributed by atoms with E-state index in [4.69, 9.17) is 9.47 Å². The molecule has 0 radical (unpaired) electrons. The smallest absolute Gasteiger partial charge is 0.248 e. The predicted molar refractivity (Wildman–Crippen MR) is 175 cm³/mol. The van der Waals surface area contributed by atoms with Crippen LogP contribution >= 0.6 is 0 Å². The number of carbonyl (C=O) groups is 2. The van der Waals surface area contributed by atoms with Crippen LogP contribution in [0.3, 0.4) is 0 Å². The molecule has 3 fully saturated rings. The number of hydrogen-bond acceptors (Lipinski definition) is 9. The van der Waals surface area contributed by atoms with Gasteiger partial charge in [-0.1, -0.05) is 0 Å². The van der Waals surface area contributed by atoms with Crippen molar-refractivity contribution in [2.75, 3.05) is 77.6 Å². The first kappa shape index (κ1) is 34.1. The summed E-state index contributed by atoms with van der Waals surface area (Å²) in [7, 11) is -2.17. The Balaban J connectivity index is 1.13. The van der Waals surface area contributed by atoms with Crippen molar-refractivity contribution < 1.29 is 27.5 Å². The van der Waals surface area contributed by atoms with Crippen LogP contribution in [-0.2, 0) is 24.3 Å². The molecule has 3 heterocycles. The summed E-state index contributed by atoms with van der Waals surface area (Å²) in [6.45, 7) is 10.6. The molecule has 2 amide bonds. The molecule has 252 valence electrons. The molecular formula is C33H48N6O6S. The van der Waals surface area contributed by atoms with Crippen molar-refractivity contribution in [2.24, 2.45) is 0 Å². The summed E-state index contributed by atoms with van der Waals surface area (Å²) in [6.07, 6.45) is 6.76. The highest BCUT2D eigenvalue weighted by Crippen LogP contribution is 2.35. The van der Waals surface area contributed by atoms with E-state index < -0.39 is 10.0 Å². The molecule has 1 aliphatic carbocycles. The molecule has 2 aliphatic heterocycles. The minimum absolute atomic E-state index is 0.0457. The Morgan fingerprint density at radius 1 is 1.02 bits per heavy atom. The van der Waals surface area contributed by atoms with Crippen LogP contribution in [0, 0.1) is 13.8 Å². The lowest BCUT2D eigenvalue weighted by molar-refractivity contribution is -0.139. The van der Waals surface area contributed by atoms with Crippen LogP contribution in [0.2, 0.25) is 0 Å². The van der Waals surface area contributed by atoms with Gasteiger partial charge in [-0.2, -0.15) is 4.31 Å². The minimum Gasteiger partial charge on any atom is -0.497 e. The number of piperidine rings is 1. The highest BCUT2D eigenvalue weighted by atomic mass is 32.2. The number of anilines is 1. The van der Waals surface area contributed by atoms with E-state index in [1.807, 2.05) is 29.4 Å². The molecule has 0 bridgehead atoms. The normalized spacial score (nSPS) is 18.9. The Kier molecular flexibility index (Phi) is 10.9. The zero-order valence-corrected chi connectivity index (χ0v) is 28.4. The standard InChI is InChI=1S/C33H48N6O6S/c1-25-21-30(44-4)22-26(2)32(25)46(42,43)39(29-5-6-29)19-20-45-23-31(41)37-13-9-33(10-14-37,24-35-27(3)40)38-17-15-36(16-18-38)28-7-11-34-12-8-28/h7-8,11-12,21-22,29H,5-6,9-10,13-20,23-24H2,1-4H3,(H,35,40). The Bertz CT molecular complexity index is 1450. The molecule has 12 nitrogen and oxygen atoms in total. The van der Waals surface area contributed by atoms with Gasteiger partial charge in [0, 0.05) is 88.9 Å². The summed E-state index contributed by atoms with van der Waals surface area (Å²) in [5, 5.41) is 3.05. The number of ether oxygens (including phenoxy) is 2. The largest absolute Gasteiger partial charge is 0.497 e. The Labute approximate surface area is 273 Å². The first-order valence-corrected chi connectivity index (χ1v) is 17.7. The highest BCUT2D eigenvalue weighted by Gasteiger charge is 2.42. The second-order valence-electron chi connectivity index (χ2n) is 12.7. The molecule has 46 heavy (non-hydrogen) atoms. The number of carbonyl (C=O) groups excluding carboxylic acids is 2. The van der Waals surface area contributed by atoms with Gasteiger partial charge in [-0.15, -0.1) is 0 Å². The van der Waals surface area contributed by atoms with Crippen LogP contribution in [0.15, 0.2) is 41.6 Å². The fraction of sp³-hybridized carbons (Fsp3) is 0.606. The van der Waals surface area contributed by atoms with Gasteiger partial charge >= 0.3 is 0 Å². The van der Waals surface area contributed by atoms with Crippen LogP contribution < -0.4 is 15.0 Å². The fourth-order valence-corrected chi connectivity index (χ4v) is 8.96. The van der Waals surface area contributed by atoms with Gasteiger partial charge in [0.2, 0.25) is 21.8 Å². The number of piperazine rings is 1. The van der Waals surface area contributed by atoms with Crippen molar-refractivity contribution >= 4 is 27.5 Å². The summed E-state index contributed by atoms with van der Waals surface area (Å²) in [5.74, 6) is 0.474. The summed E-state index contributed by atoms with van der Waals surface area (Å²) in [6, 6.07) is 7.49. The number of pyridine rings is 1. The molecule has 2 aromatic rings. The number of hydrogen-bond donors (Lipinski definition) is 1. The van der Waals surface area contributed by atoms with Crippen LogP contribution in [0.25, 0.3) is 0 Å². The second kappa shape index (κ2) is 14.7. The van der Waals surface area contributed by atoms with E-state index in [0.29, 0.717) is 41.4 Å². The third-order valence-electron chi connectivity index (χ3n) is 9.56. The van der Waals surface area contributed by atoms with Crippen molar-refractivity contribution in [1.82, 2.24) is 24.4 Å². The minimum atomic E-state index is -3.74. The van der Waals surface area contributed by atoms with E-state index in [1.54, 1.807) is 40.0 Å². The quantitative estimate of drug-likeness (QED) is 0.323. The number of benzene rings is 1. The summed E-state index contributed by atoms with van der Waals surface area (Å²) in [5.41, 5.74) is 2.24. The Morgan fingerprint density at radius 2 is 1.65 bits per heavy atom. The molecule has 13 heteroatoms. The summed E-state index contributed by atoms with van der Waals surface area (Å²) >= 11 is 0. The maximum absolute atomic E-state index is 13.7. The van der Waals surface area contributed by atoms with Crippen molar-refractivity contribution in [3.05, 3.63) is 47.8 Å². The highest BCUT2D eigenvalue weighted by molar-refractivity contribution is 7.89. The molecule has 0 spiro atoms. The van der Waals surface area contributed by atoms with Gasteiger partial charge in [0.05, 0.1) is 18.6 Å². The number of likely N-dealkylation sites (tertiary alicyclic amines) is 1. The van der Waals surface area contributed by atoms with Crippen molar-refractivity contribution in [2.45, 2.75) is 62.9 Å². The zero-order chi connectivity index (χ0) is 32.9. The Hall–Kier alpha value is -3.26. The van der Waals surface area contributed by atoms with E-state index in [-0.39, 0.29) is 43.2 Å². The van der Waals surface area contributed by atoms with Gasteiger partial charge in [0.25, 0.3) is 0 Å². The molecule has 1 aromatic carbocycles. The molecule has 2 saturated heterocycles. The lowest BCUT2D eigenvalue weighted by atomic mass is 9.84. The molecule has 1 aromatic heterocycles. The topological polar surface area (TPSA) is 125 Å². The van der Waals surface area contributed by atoms with Crippen molar-refractivity contribution in [3.8, 4) is 5.75 Å². The number of aromatic nitrogens is 1. The average Bonchev–Trinajstić information content (AvgIpc) is 3.89. The number of nitrogens with zero attached hydrogens (tertiary/aromatic N) is 5. The molecule has 3 aliphatic rings. The fourth-order valence-electron chi connectivity index (χ4n) is 6.88. The van der Waals surface area contributed by atoms with E-state index in [1.165, 1.54) is 4.31 Å². The number of nitrogens with one attached hydrogen (secondary N) is 1. The van der Waals surface area contributed by atoms with E-state index in [2.05, 4.69) is 20.1 Å². The van der Waals surface area contributed by atoms with Gasteiger partial charge in [-0.05, 0) is 74.9 Å². The molecule has 1 saturated carbocycles. The number of sulfonamides is 1. The maximum Gasteiger partial charge on any atom is 0.248 e. The second-order valence-corrected chi connectivity index (χ2v) is 14.5. The molecule has 0 unspecified atom stereocenters.